The minimum Gasteiger partial charge on any atom is -0.342 e. The Morgan fingerprint density at radius 1 is 1.57 bits per heavy atom. The van der Waals surface area contributed by atoms with Gasteiger partial charge in [-0.2, -0.15) is 0 Å². The Kier molecular flexibility index (Phi) is 3.53. The van der Waals surface area contributed by atoms with Gasteiger partial charge < -0.3 is 10.6 Å². The fourth-order valence-corrected chi connectivity index (χ4v) is 2.04. The molecule has 82 valence electrons. The summed E-state index contributed by atoms with van der Waals surface area (Å²) in [7, 11) is 0. The maximum absolute atomic E-state index is 11.2. The van der Waals surface area contributed by atoms with Crippen LogP contribution in [0.2, 0.25) is 0 Å². The van der Waals surface area contributed by atoms with E-state index in [0.29, 0.717) is 6.54 Å². The van der Waals surface area contributed by atoms with Crippen LogP contribution in [0.25, 0.3) is 0 Å². The van der Waals surface area contributed by atoms with E-state index < -0.39 is 0 Å². The van der Waals surface area contributed by atoms with Gasteiger partial charge in [-0.05, 0) is 25.2 Å². The van der Waals surface area contributed by atoms with Crippen molar-refractivity contribution in [2.75, 3.05) is 13.1 Å². The first kappa shape index (κ1) is 11.5. The molecule has 1 aliphatic rings. The average molecular weight is 198 g/mol. The zero-order chi connectivity index (χ0) is 10.8. The first-order valence-corrected chi connectivity index (χ1v) is 5.50. The number of hydrogen-bond donors (Lipinski definition) is 1. The van der Waals surface area contributed by atoms with Gasteiger partial charge in [-0.1, -0.05) is 13.3 Å². The Bertz CT molecular complexity index is 211. The standard InChI is InChI=1S/C11H22N2O/c1-4-13(9(2)14)8-10(12)11(3)6-5-7-11/h10H,4-8,12H2,1-3H3/t10-/m0/s1. The molecule has 0 aromatic rings. The van der Waals surface area contributed by atoms with E-state index in [0.717, 1.165) is 6.54 Å². The van der Waals surface area contributed by atoms with E-state index in [1.54, 1.807) is 6.92 Å². The van der Waals surface area contributed by atoms with Gasteiger partial charge in [0.15, 0.2) is 0 Å². The van der Waals surface area contributed by atoms with Gasteiger partial charge in [-0.25, -0.2) is 0 Å². The van der Waals surface area contributed by atoms with Crippen LogP contribution < -0.4 is 5.73 Å². The van der Waals surface area contributed by atoms with Gasteiger partial charge in [0.05, 0.1) is 0 Å². The predicted molar refractivity (Wildman–Crippen MR) is 57.9 cm³/mol. The second kappa shape index (κ2) is 4.30. The largest absolute Gasteiger partial charge is 0.342 e. The van der Waals surface area contributed by atoms with Crippen molar-refractivity contribution in [1.82, 2.24) is 4.90 Å². The highest BCUT2D eigenvalue weighted by atomic mass is 16.2. The van der Waals surface area contributed by atoms with Crippen molar-refractivity contribution < 1.29 is 4.79 Å². The van der Waals surface area contributed by atoms with E-state index in [4.69, 9.17) is 5.73 Å². The Labute approximate surface area is 86.6 Å². The molecule has 14 heavy (non-hydrogen) atoms. The van der Waals surface area contributed by atoms with E-state index >= 15 is 0 Å². The predicted octanol–water partition coefficient (Wildman–Crippen LogP) is 1.37. The lowest BCUT2D eigenvalue weighted by molar-refractivity contribution is -0.129. The topological polar surface area (TPSA) is 46.3 Å². The second-order valence-electron chi connectivity index (χ2n) is 4.67. The van der Waals surface area contributed by atoms with Crippen molar-refractivity contribution in [1.29, 1.82) is 0 Å². The Balaban J connectivity index is 2.45. The quantitative estimate of drug-likeness (QED) is 0.741. The van der Waals surface area contributed by atoms with E-state index in [1.807, 2.05) is 11.8 Å². The van der Waals surface area contributed by atoms with E-state index in [-0.39, 0.29) is 17.4 Å². The highest BCUT2D eigenvalue weighted by molar-refractivity contribution is 5.73. The molecule has 3 heteroatoms. The fourth-order valence-electron chi connectivity index (χ4n) is 2.04. The summed E-state index contributed by atoms with van der Waals surface area (Å²) in [5.74, 6) is 0.130. The Hall–Kier alpha value is -0.570. The number of rotatable bonds is 4. The molecule has 1 saturated carbocycles. The van der Waals surface area contributed by atoms with Crippen molar-refractivity contribution in [2.45, 2.75) is 46.1 Å². The number of carbonyl (C=O) groups excluding carboxylic acids is 1. The molecule has 0 heterocycles. The molecule has 0 saturated heterocycles. The minimum atomic E-state index is 0.130. The number of nitrogens with zero attached hydrogens (tertiary/aromatic N) is 1. The SMILES string of the molecule is CCN(C[C@H](N)C1(C)CCC1)C(C)=O. The number of nitrogens with two attached hydrogens (primary N) is 1. The fraction of sp³-hybridized carbons (Fsp3) is 0.909. The van der Waals surface area contributed by atoms with Crippen LogP contribution in [-0.2, 0) is 4.79 Å². The third kappa shape index (κ3) is 2.27. The van der Waals surface area contributed by atoms with Crippen LogP contribution in [0.4, 0.5) is 0 Å². The normalized spacial score (nSPS) is 21.1. The number of hydrogen-bond acceptors (Lipinski definition) is 2. The molecule has 0 radical (unpaired) electrons. The van der Waals surface area contributed by atoms with Crippen molar-refractivity contribution in [3.8, 4) is 0 Å². The van der Waals surface area contributed by atoms with E-state index in [9.17, 15) is 4.79 Å². The highest BCUT2D eigenvalue weighted by Crippen LogP contribution is 2.42. The summed E-state index contributed by atoms with van der Waals surface area (Å²) >= 11 is 0. The molecular formula is C11H22N2O. The zero-order valence-electron chi connectivity index (χ0n) is 9.55. The number of carbonyl (C=O) groups is 1. The molecule has 0 spiro atoms. The summed E-state index contributed by atoms with van der Waals surface area (Å²) in [6, 6.07) is 0.139. The van der Waals surface area contributed by atoms with Crippen LogP contribution in [-0.4, -0.2) is 29.9 Å². The summed E-state index contributed by atoms with van der Waals surface area (Å²) in [5.41, 5.74) is 6.41. The highest BCUT2D eigenvalue weighted by Gasteiger charge is 2.38. The molecule has 1 atom stereocenters. The van der Waals surface area contributed by atoms with Crippen LogP contribution in [0.3, 0.4) is 0 Å². The third-order valence-electron chi connectivity index (χ3n) is 3.64. The second-order valence-corrected chi connectivity index (χ2v) is 4.67. The van der Waals surface area contributed by atoms with Gasteiger partial charge >= 0.3 is 0 Å². The van der Waals surface area contributed by atoms with Crippen LogP contribution in [0.5, 0.6) is 0 Å². The van der Waals surface area contributed by atoms with E-state index in [2.05, 4.69) is 6.92 Å². The molecule has 1 aliphatic carbocycles. The first-order chi connectivity index (χ1) is 6.49. The number of likely N-dealkylation sites (N-methyl/N-ethyl adjacent to an activating group) is 1. The Morgan fingerprint density at radius 2 is 2.14 bits per heavy atom. The van der Waals surface area contributed by atoms with Crippen molar-refractivity contribution >= 4 is 5.91 Å². The van der Waals surface area contributed by atoms with Gasteiger partial charge in [0.2, 0.25) is 5.91 Å². The van der Waals surface area contributed by atoms with Crippen LogP contribution >= 0.6 is 0 Å². The maximum Gasteiger partial charge on any atom is 0.219 e. The molecule has 1 amide bonds. The van der Waals surface area contributed by atoms with Gasteiger partial charge in [-0.15, -0.1) is 0 Å². The van der Waals surface area contributed by atoms with Gasteiger partial charge in [0, 0.05) is 26.1 Å². The molecule has 2 N–H and O–H groups in total. The molecular weight excluding hydrogens is 176 g/mol. The number of amides is 1. The molecule has 0 bridgehead atoms. The molecule has 1 fully saturated rings. The third-order valence-corrected chi connectivity index (χ3v) is 3.64. The summed E-state index contributed by atoms with van der Waals surface area (Å²) in [4.78, 5) is 13.0. The van der Waals surface area contributed by atoms with Crippen LogP contribution in [0.1, 0.15) is 40.0 Å². The van der Waals surface area contributed by atoms with Crippen LogP contribution in [0.15, 0.2) is 0 Å². The lowest BCUT2D eigenvalue weighted by Gasteiger charge is -2.44. The first-order valence-electron chi connectivity index (χ1n) is 5.50. The van der Waals surface area contributed by atoms with Crippen molar-refractivity contribution in [2.24, 2.45) is 11.1 Å². The van der Waals surface area contributed by atoms with Crippen LogP contribution in [0, 0.1) is 5.41 Å². The Morgan fingerprint density at radius 3 is 2.43 bits per heavy atom. The van der Waals surface area contributed by atoms with Crippen molar-refractivity contribution in [3.05, 3.63) is 0 Å². The summed E-state index contributed by atoms with van der Waals surface area (Å²) in [5, 5.41) is 0. The lowest BCUT2D eigenvalue weighted by Crippen LogP contribution is -2.51. The van der Waals surface area contributed by atoms with Gasteiger partial charge in [0.25, 0.3) is 0 Å². The van der Waals surface area contributed by atoms with E-state index in [1.165, 1.54) is 19.3 Å². The lowest BCUT2D eigenvalue weighted by atomic mass is 9.65. The summed E-state index contributed by atoms with van der Waals surface area (Å²) in [6.07, 6.45) is 3.71. The summed E-state index contributed by atoms with van der Waals surface area (Å²) < 4.78 is 0. The molecule has 0 unspecified atom stereocenters. The molecule has 1 rings (SSSR count). The smallest absolute Gasteiger partial charge is 0.219 e. The molecule has 0 aromatic heterocycles. The molecule has 3 nitrogen and oxygen atoms in total. The monoisotopic (exact) mass is 198 g/mol. The molecule has 0 aromatic carbocycles. The maximum atomic E-state index is 11.2. The zero-order valence-corrected chi connectivity index (χ0v) is 9.55. The summed E-state index contributed by atoms with van der Waals surface area (Å²) in [6.45, 7) is 7.31. The molecule has 0 aliphatic heterocycles. The van der Waals surface area contributed by atoms with Gasteiger partial charge in [-0.3, -0.25) is 4.79 Å². The van der Waals surface area contributed by atoms with Gasteiger partial charge in [0.1, 0.15) is 0 Å². The minimum absolute atomic E-state index is 0.130. The van der Waals surface area contributed by atoms with Crippen molar-refractivity contribution in [3.63, 3.8) is 0 Å². The average Bonchev–Trinajstić information content (AvgIpc) is 2.09.